The standard InChI is InChI=1S/2C10H10O2/c1-8(10(11)12-2)9-6-4-3-5-7-9;1-12-10(11)8-7-9-5-3-2-4-6-9/h3-7H,1H2,2H3;2-8H,1H3. The van der Waals surface area contributed by atoms with E-state index in [9.17, 15) is 9.59 Å². The van der Waals surface area contributed by atoms with Crippen molar-refractivity contribution in [3.8, 4) is 0 Å². The average molecular weight is 324 g/mol. The Labute approximate surface area is 142 Å². The van der Waals surface area contributed by atoms with E-state index in [1.807, 2.05) is 60.7 Å². The summed E-state index contributed by atoms with van der Waals surface area (Å²) < 4.78 is 8.97. The molecular formula is C20H20O4. The number of carbonyl (C=O) groups is 2. The number of carbonyl (C=O) groups excluding carboxylic acids is 2. The van der Waals surface area contributed by atoms with Gasteiger partial charge >= 0.3 is 11.9 Å². The van der Waals surface area contributed by atoms with Gasteiger partial charge in [0.2, 0.25) is 0 Å². The van der Waals surface area contributed by atoms with E-state index in [0.717, 1.165) is 11.1 Å². The van der Waals surface area contributed by atoms with Crippen LogP contribution in [0, 0.1) is 0 Å². The minimum absolute atomic E-state index is 0.334. The lowest BCUT2D eigenvalue weighted by Gasteiger charge is -2.01. The minimum atomic E-state index is -0.388. The zero-order valence-corrected chi connectivity index (χ0v) is 13.8. The van der Waals surface area contributed by atoms with Crippen LogP contribution in [0.3, 0.4) is 0 Å². The number of hydrogen-bond donors (Lipinski definition) is 0. The summed E-state index contributed by atoms with van der Waals surface area (Å²) in [4.78, 5) is 21.7. The molecule has 124 valence electrons. The third-order valence-electron chi connectivity index (χ3n) is 2.97. The molecular weight excluding hydrogens is 304 g/mol. The van der Waals surface area contributed by atoms with Crippen LogP contribution in [-0.2, 0) is 19.1 Å². The first-order valence-electron chi connectivity index (χ1n) is 7.22. The maximum Gasteiger partial charge on any atom is 0.337 e. The molecule has 4 nitrogen and oxygen atoms in total. The van der Waals surface area contributed by atoms with Gasteiger partial charge in [-0.05, 0) is 17.2 Å². The van der Waals surface area contributed by atoms with Crippen LogP contribution in [0.4, 0.5) is 0 Å². The van der Waals surface area contributed by atoms with Gasteiger partial charge in [-0.3, -0.25) is 0 Å². The van der Waals surface area contributed by atoms with E-state index in [1.54, 1.807) is 6.08 Å². The summed E-state index contributed by atoms with van der Waals surface area (Å²) >= 11 is 0. The van der Waals surface area contributed by atoms with E-state index in [0.29, 0.717) is 5.57 Å². The molecule has 0 fully saturated rings. The third kappa shape index (κ3) is 6.75. The Morgan fingerprint density at radius 3 is 1.92 bits per heavy atom. The van der Waals surface area contributed by atoms with Gasteiger partial charge in [0.15, 0.2) is 0 Å². The van der Waals surface area contributed by atoms with Crippen molar-refractivity contribution in [3.63, 3.8) is 0 Å². The Morgan fingerprint density at radius 2 is 1.42 bits per heavy atom. The summed E-state index contributed by atoms with van der Waals surface area (Å²) in [5, 5.41) is 0. The molecule has 0 saturated heterocycles. The van der Waals surface area contributed by atoms with Crippen LogP contribution in [0.5, 0.6) is 0 Å². The number of esters is 2. The quantitative estimate of drug-likeness (QED) is 0.635. The van der Waals surface area contributed by atoms with Gasteiger partial charge in [0.25, 0.3) is 0 Å². The highest BCUT2D eigenvalue weighted by molar-refractivity contribution is 6.15. The van der Waals surface area contributed by atoms with Crippen LogP contribution in [-0.4, -0.2) is 26.2 Å². The van der Waals surface area contributed by atoms with E-state index in [1.165, 1.54) is 20.3 Å². The monoisotopic (exact) mass is 324 g/mol. The second-order valence-electron chi connectivity index (χ2n) is 4.60. The van der Waals surface area contributed by atoms with Crippen molar-refractivity contribution >= 4 is 23.6 Å². The van der Waals surface area contributed by atoms with Crippen molar-refractivity contribution in [2.75, 3.05) is 14.2 Å². The van der Waals surface area contributed by atoms with Gasteiger partial charge in [-0.1, -0.05) is 67.2 Å². The molecule has 0 aliphatic carbocycles. The first-order chi connectivity index (χ1) is 11.6. The highest BCUT2D eigenvalue weighted by atomic mass is 16.5. The molecule has 0 amide bonds. The summed E-state index contributed by atoms with van der Waals surface area (Å²) in [6, 6.07) is 18.8. The van der Waals surface area contributed by atoms with Crippen LogP contribution in [0.2, 0.25) is 0 Å². The molecule has 0 N–H and O–H groups in total. The summed E-state index contributed by atoms with van der Waals surface area (Å²) in [6.07, 6.45) is 3.11. The lowest BCUT2D eigenvalue weighted by Crippen LogP contribution is -2.01. The van der Waals surface area contributed by atoms with Gasteiger partial charge in [0.05, 0.1) is 19.8 Å². The Morgan fingerprint density at radius 1 is 0.875 bits per heavy atom. The summed E-state index contributed by atoms with van der Waals surface area (Å²) in [5.74, 6) is -0.722. The van der Waals surface area contributed by atoms with Crippen LogP contribution in [0.25, 0.3) is 11.6 Å². The SMILES string of the molecule is C=C(C(=O)OC)c1ccccc1.COC(=O)C=Cc1ccccc1. The molecule has 24 heavy (non-hydrogen) atoms. The highest BCUT2D eigenvalue weighted by Crippen LogP contribution is 2.12. The van der Waals surface area contributed by atoms with Crippen molar-refractivity contribution < 1.29 is 19.1 Å². The molecule has 0 bridgehead atoms. The van der Waals surface area contributed by atoms with Gasteiger partial charge in [-0.2, -0.15) is 0 Å². The lowest BCUT2D eigenvalue weighted by atomic mass is 10.1. The molecule has 0 radical (unpaired) electrons. The Bertz CT molecular complexity index is 688. The van der Waals surface area contributed by atoms with Gasteiger partial charge in [0, 0.05) is 6.08 Å². The summed E-state index contributed by atoms with van der Waals surface area (Å²) in [7, 11) is 2.70. The van der Waals surface area contributed by atoms with Gasteiger partial charge < -0.3 is 9.47 Å². The predicted octanol–water partition coefficient (Wildman–Crippen LogP) is 3.75. The molecule has 0 aliphatic heterocycles. The first-order valence-corrected chi connectivity index (χ1v) is 7.22. The fraction of sp³-hybridized carbons (Fsp3) is 0.100. The Balaban J connectivity index is 0.000000240. The van der Waals surface area contributed by atoms with E-state index in [2.05, 4.69) is 16.1 Å². The number of benzene rings is 2. The fourth-order valence-electron chi connectivity index (χ4n) is 1.68. The Kier molecular flexibility index (Phi) is 8.32. The Hall–Kier alpha value is -3.14. The van der Waals surface area contributed by atoms with E-state index in [4.69, 9.17) is 0 Å². The zero-order chi connectivity index (χ0) is 17.8. The van der Waals surface area contributed by atoms with Crippen LogP contribution in [0.15, 0.2) is 73.3 Å². The number of ether oxygens (including phenoxy) is 2. The largest absolute Gasteiger partial charge is 0.466 e. The van der Waals surface area contributed by atoms with Crippen molar-refractivity contribution in [1.82, 2.24) is 0 Å². The van der Waals surface area contributed by atoms with Crippen LogP contribution >= 0.6 is 0 Å². The molecule has 0 aromatic heterocycles. The number of rotatable bonds is 4. The van der Waals surface area contributed by atoms with Crippen molar-refractivity contribution in [2.45, 2.75) is 0 Å². The molecule has 0 unspecified atom stereocenters. The lowest BCUT2D eigenvalue weighted by molar-refractivity contribution is -0.135. The number of hydrogen-bond acceptors (Lipinski definition) is 4. The molecule has 0 spiro atoms. The van der Waals surface area contributed by atoms with Crippen LogP contribution in [0.1, 0.15) is 11.1 Å². The van der Waals surface area contributed by atoms with Crippen molar-refractivity contribution in [2.24, 2.45) is 0 Å². The van der Waals surface area contributed by atoms with Crippen molar-refractivity contribution in [3.05, 3.63) is 84.4 Å². The second kappa shape index (κ2) is 10.6. The third-order valence-corrected chi connectivity index (χ3v) is 2.97. The minimum Gasteiger partial charge on any atom is -0.466 e. The highest BCUT2D eigenvalue weighted by Gasteiger charge is 2.07. The summed E-state index contributed by atoms with van der Waals surface area (Å²) in [6.45, 7) is 3.62. The molecule has 0 atom stereocenters. The predicted molar refractivity (Wildman–Crippen MR) is 95.0 cm³/mol. The number of methoxy groups -OCH3 is 2. The van der Waals surface area contributed by atoms with Gasteiger partial charge in [0.1, 0.15) is 0 Å². The smallest absolute Gasteiger partial charge is 0.337 e. The van der Waals surface area contributed by atoms with Gasteiger partial charge in [-0.15, -0.1) is 0 Å². The molecule has 2 rings (SSSR count). The first kappa shape index (κ1) is 18.9. The molecule has 0 heterocycles. The zero-order valence-electron chi connectivity index (χ0n) is 13.8. The summed E-state index contributed by atoms with van der Waals surface area (Å²) in [5.41, 5.74) is 2.17. The molecule has 2 aromatic carbocycles. The molecule has 4 heteroatoms. The maximum atomic E-state index is 11.0. The van der Waals surface area contributed by atoms with Crippen molar-refractivity contribution in [1.29, 1.82) is 0 Å². The maximum absolute atomic E-state index is 11.0. The second-order valence-corrected chi connectivity index (χ2v) is 4.60. The van der Waals surface area contributed by atoms with Gasteiger partial charge in [-0.25, -0.2) is 9.59 Å². The van der Waals surface area contributed by atoms with E-state index < -0.39 is 0 Å². The van der Waals surface area contributed by atoms with Crippen LogP contribution < -0.4 is 0 Å². The van der Waals surface area contributed by atoms with E-state index >= 15 is 0 Å². The normalized spacial score (nSPS) is 9.58. The molecule has 0 saturated carbocycles. The van der Waals surface area contributed by atoms with E-state index in [-0.39, 0.29) is 11.9 Å². The molecule has 2 aromatic rings. The topological polar surface area (TPSA) is 52.6 Å². The average Bonchev–Trinajstić information content (AvgIpc) is 2.66. The fourth-order valence-corrected chi connectivity index (χ4v) is 1.68. The molecule has 0 aliphatic rings.